The number of carbonyl (C=O) groups excluding carboxylic acids is 4. The smallest absolute Gasteiger partial charge is 0.428 e. The molecule has 15 heteroatoms. The highest BCUT2D eigenvalue weighted by molar-refractivity contribution is 7.48. The standard InChI is InChI=1S/C50H67N4O10P/c1-8-42(43-24-27-46(54(31-36(2)3)32-37(4)5)45(29-43)53-50(58)52-44-25-22-38(6)23-26-44)30-48(56)61-35-60-47(55)21-15-16-28-51-49(57)39(7)64-65(59,62-33-40-17-11-9-12-18-40)63-34-41-19-13-10-14-20-41/h9-14,17-20,22-27,29,36-37,39,42H,8,15-16,21,28,30-35H2,1-7H3,(H,51,57)(H2,52,53,58). The van der Waals surface area contributed by atoms with Gasteiger partial charge in [-0.1, -0.05) is 119 Å². The largest absolute Gasteiger partial charge is 0.476 e. The molecule has 0 aliphatic carbocycles. The van der Waals surface area contributed by atoms with Crippen molar-refractivity contribution < 1.29 is 46.8 Å². The average molecular weight is 915 g/mol. The summed E-state index contributed by atoms with van der Waals surface area (Å²) in [6, 6.07) is 31.4. The van der Waals surface area contributed by atoms with E-state index in [1.165, 1.54) is 6.92 Å². The second-order valence-corrected chi connectivity index (χ2v) is 18.5. The van der Waals surface area contributed by atoms with Crippen molar-refractivity contribution in [3.8, 4) is 0 Å². The van der Waals surface area contributed by atoms with Crippen LogP contribution in [-0.4, -0.2) is 56.4 Å². The maximum absolute atomic E-state index is 13.6. The second kappa shape index (κ2) is 27.1. The van der Waals surface area contributed by atoms with Crippen molar-refractivity contribution >= 4 is 48.8 Å². The third-order valence-corrected chi connectivity index (χ3v) is 11.6. The van der Waals surface area contributed by atoms with Gasteiger partial charge in [-0.25, -0.2) is 9.36 Å². The van der Waals surface area contributed by atoms with Gasteiger partial charge in [0.05, 0.1) is 31.0 Å². The predicted molar refractivity (Wildman–Crippen MR) is 254 cm³/mol. The fourth-order valence-electron chi connectivity index (χ4n) is 6.79. The maximum atomic E-state index is 13.6. The Kier molecular flexibility index (Phi) is 21.7. The van der Waals surface area contributed by atoms with E-state index >= 15 is 0 Å². The number of nitrogens with one attached hydrogen (secondary N) is 3. The molecular formula is C50H67N4O10P. The molecule has 0 bridgehead atoms. The van der Waals surface area contributed by atoms with Crippen LogP contribution in [0.15, 0.2) is 103 Å². The first-order valence-corrected chi connectivity index (χ1v) is 23.9. The van der Waals surface area contributed by atoms with E-state index in [0.717, 1.165) is 41.0 Å². The normalized spacial score (nSPS) is 12.3. The summed E-state index contributed by atoms with van der Waals surface area (Å²) in [5.41, 5.74) is 5.66. The molecule has 0 radical (unpaired) electrons. The first-order valence-electron chi connectivity index (χ1n) is 22.4. The van der Waals surface area contributed by atoms with Crippen molar-refractivity contribution in [3.05, 3.63) is 125 Å². The number of unbranched alkanes of at least 4 members (excludes halogenated alkanes) is 1. The maximum Gasteiger partial charge on any atom is 0.476 e. The number of rotatable bonds is 27. The van der Waals surface area contributed by atoms with Crippen LogP contribution in [0.3, 0.4) is 0 Å². The summed E-state index contributed by atoms with van der Waals surface area (Å²) < 4.78 is 40.9. The summed E-state index contributed by atoms with van der Waals surface area (Å²) in [7, 11) is -4.17. The van der Waals surface area contributed by atoms with Crippen LogP contribution in [0.5, 0.6) is 0 Å². The Hall–Kier alpha value is -5.53. The molecule has 65 heavy (non-hydrogen) atoms. The zero-order valence-electron chi connectivity index (χ0n) is 38.9. The van der Waals surface area contributed by atoms with Crippen LogP contribution < -0.4 is 20.9 Å². The molecule has 4 aromatic carbocycles. The van der Waals surface area contributed by atoms with Gasteiger partial charge in [0, 0.05) is 31.7 Å². The zero-order valence-corrected chi connectivity index (χ0v) is 39.8. The first kappa shape index (κ1) is 52.1. The lowest BCUT2D eigenvalue weighted by atomic mass is 9.92. The van der Waals surface area contributed by atoms with E-state index in [1.807, 2.05) is 117 Å². The molecule has 352 valence electrons. The third-order valence-electron chi connectivity index (χ3n) is 10.1. The quantitative estimate of drug-likeness (QED) is 0.0225. The number of hydrogen-bond acceptors (Lipinski definition) is 11. The number of ether oxygens (including phenoxy) is 2. The van der Waals surface area contributed by atoms with Crippen molar-refractivity contribution in [1.29, 1.82) is 0 Å². The number of urea groups is 1. The highest BCUT2D eigenvalue weighted by atomic mass is 31.2. The molecule has 2 atom stereocenters. The molecule has 0 aliphatic heterocycles. The van der Waals surface area contributed by atoms with Crippen LogP contribution in [0.25, 0.3) is 0 Å². The number of amides is 3. The number of aryl methyl sites for hydroxylation is 1. The fourth-order valence-corrected chi connectivity index (χ4v) is 8.09. The molecular weight excluding hydrogens is 848 g/mol. The first-order chi connectivity index (χ1) is 31.1. The van der Waals surface area contributed by atoms with E-state index in [0.29, 0.717) is 42.5 Å². The Morgan fingerprint density at radius 3 is 1.86 bits per heavy atom. The van der Waals surface area contributed by atoms with E-state index in [4.69, 9.17) is 23.0 Å². The number of phosphoric ester groups is 1. The Labute approximate surface area is 384 Å². The Morgan fingerprint density at radius 2 is 1.29 bits per heavy atom. The number of nitrogens with zero attached hydrogens (tertiary/aromatic N) is 1. The number of phosphoric acid groups is 1. The summed E-state index contributed by atoms with van der Waals surface area (Å²) in [4.78, 5) is 53.9. The highest BCUT2D eigenvalue weighted by Gasteiger charge is 2.32. The number of benzene rings is 4. The van der Waals surface area contributed by atoms with Gasteiger partial charge in [-0.05, 0) is 91.8 Å². The monoisotopic (exact) mass is 914 g/mol. The minimum absolute atomic E-state index is 0.0389. The van der Waals surface area contributed by atoms with Gasteiger partial charge in [0.1, 0.15) is 6.10 Å². The van der Waals surface area contributed by atoms with Gasteiger partial charge >= 0.3 is 25.8 Å². The number of esters is 2. The molecule has 3 N–H and O–H groups in total. The average Bonchev–Trinajstić information content (AvgIpc) is 3.27. The Balaban J connectivity index is 1.23. The van der Waals surface area contributed by atoms with E-state index in [1.54, 1.807) is 0 Å². The zero-order chi connectivity index (χ0) is 47.2. The lowest BCUT2D eigenvalue weighted by Gasteiger charge is -2.31. The van der Waals surface area contributed by atoms with Crippen LogP contribution in [0.4, 0.5) is 21.9 Å². The molecule has 14 nitrogen and oxygen atoms in total. The van der Waals surface area contributed by atoms with E-state index in [9.17, 15) is 23.7 Å². The predicted octanol–water partition coefficient (Wildman–Crippen LogP) is 10.9. The van der Waals surface area contributed by atoms with Crippen LogP contribution in [-0.2, 0) is 55.2 Å². The SMILES string of the molecule is CCC(CC(=O)OCOC(=O)CCCCNC(=O)C(C)OP(=O)(OCc1ccccc1)OCc1ccccc1)c1ccc(N(CC(C)C)CC(C)C)c(NC(=O)Nc2ccc(C)cc2)c1. The Bertz CT molecular complexity index is 2080. The molecule has 0 saturated heterocycles. The topological polar surface area (TPSA) is 171 Å². The summed E-state index contributed by atoms with van der Waals surface area (Å²) in [6.07, 6.45) is 0.365. The lowest BCUT2D eigenvalue weighted by molar-refractivity contribution is -0.167. The molecule has 3 amide bonds. The van der Waals surface area contributed by atoms with E-state index in [2.05, 4.69) is 48.5 Å². The summed E-state index contributed by atoms with van der Waals surface area (Å²) >= 11 is 0. The molecule has 0 aliphatic rings. The van der Waals surface area contributed by atoms with Gasteiger partial charge in [-0.2, -0.15) is 0 Å². The molecule has 2 unspecified atom stereocenters. The van der Waals surface area contributed by atoms with Crippen molar-refractivity contribution in [1.82, 2.24) is 5.32 Å². The summed E-state index contributed by atoms with van der Waals surface area (Å²) in [5.74, 6) is -1.07. The van der Waals surface area contributed by atoms with Gasteiger partial charge in [0.15, 0.2) is 0 Å². The molecule has 0 spiro atoms. The van der Waals surface area contributed by atoms with E-state index in [-0.39, 0.29) is 44.5 Å². The fraction of sp³-hybridized carbons (Fsp3) is 0.440. The van der Waals surface area contributed by atoms with Crippen molar-refractivity contribution in [3.63, 3.8) is 0 Å². The van der Waals surface area contributed by atoms with Crippen molar-refractivity contribution in [2.45, 2.75) is 106 Å². The molecule has 0 aromatic heterocycles. The Morgan fingerprint density at radius 1 is 0.708 bits per heavy atom. The van der Waals surface area contributed by atoms with Crippen molar-refractivity contribution in [2.24, 2.45) is 11.8 Å². The molecule has 4 rings (SSSR count). The van der Waals surface area contributed by atoms with Crippen LogP contribution in [0.2, 0.25) is 0 Å². The number of hydrogen-bond donors (Lipinski definition) is 3. The lowest BCUT2D eigenvalue weighted by Crippen LogP contribution is -2.34. The minimum atomic E-state index is -4.17. The van der Waals surface area contributed by atoms with Crippen LogP contribution in [0.1, 0.15) is 102 Å². The van der Waals surface area contributed by atoms with E-state index < -0.39 is 38.6 Å². The van der Waals surface area contributed by atoms with Gasteiger partial charge in [0.2, 0.25) is 12.7 Å². The van der Waals surface area contributed by atoms with Gasteiger partial charge in [-0.3, -0.25) is 28.0 Å². The third kappa shape index (κ3) is 19.2. The second-order valence-electron chi connectivity index (χ2n) is 16.8. The van der Waals surface area contributed by atoms with Gasteiger partial charge in [-0.15, -0.1) is 0 Å². The highest BCUT2D eigenvalue weighted by Crippen LogP contribution is 2.52. The van der Waals surface area contributed by atoms with Gasteiger partial charge < -0.3 is 30.3 Å². The summed E-state index contributed by atoms with van der Waals surface area (Å²) in [6.45, 7) is 15.3. The molecule has 0 fully saturated rings. The van der Waals surface area contributed by atoms with Crippen molar-refractivity contribution in [2.75, 3.05) is 42.0 Å². The summed E-state index contributed by atoms with van der Waals surface area (Å²) in [5, 5.41) is 8.71. The van der Waals surface area contributed by atoms with Crippen LogP contribution in [0, 0.1) is 18.8 Å². The molecule has 0 saturated carbocycles. The minimum Gasteiger partial charge on any atom is -0.428 e. The molecule has 0 heterocycles. The number of anilines is 3. The van der Waals surface area contributed by atoms with Gasteiger partial charge in [0.25, 0.3) is 0 Å². The molecule has 4 aromatic rings. The number of carbonyl (C=O) groups is 4. The van der Waals surface area contributed by atoms with Crippen LogP contribution >= 0.6 is 7.82 Å².